The van der Waals surface area contributed by atoms with Crippen LogP contribution in [0.2, 0.25) is 0 Å². The van der Waals surface area contributed by atoms with Crippen molar-refractivity contribution in [2.75, 3.05) is 18.0 Å². The van der Waals surface area contributed by atoms with Gasteiger partial charge in [0, 0.05) is 25.5 Å². The molecule has 0 atom stereocenters. The first-order valence-corrected chi connectivity index (χ1v) is 6.51. The van der Waals surface area contributed by atoms with Crippen molar-refractivity contribution in [3.05, 3.63) is 18.0 Å². The Morgan fingerprint density at radius 1 is 1.39 bits per heavy atom. The first kappa shape index (κ1) is 12.8. The summed E-state index contributed by atoms with van der Waals surface area (Å²) in [5, 5.41) is 8.79. The monoisotopic (exact) mass is 249 g/mol. The molecule has 1 aliphatic heterocycles. The molecular weight excluding hydrogens is 230 g/mol. The van der Waals surface area contributed by atoms with E-state index in [1.165, 1.54) is 38.1 Å². The van der Waals surface area contributed by atoms with Crippen LogP contribution in [0.15, 0.2) is 12.4 Å². The highest BCUT2D eigenvalue weighted by molar-refractivity contribution is 5.86. The number of aromatic carboxylic acids is 1. The number of piperidine rings is 1. The molecule has 5 heteroatoms. The molecule has 0 radical (unpaired) electrons. The van der Waals surface area contributed by atoms with Crippen LogP contribution in [0.1, 0.15) is 43.0 Å². The zero-order valence-electron chi connectivity index (χ0n) is 10.7. The third-order valence-electron chi connectivity index (χ3n) is 3.48. The molecule has 0 amide bonds. The molecule has 0 bridgehead atoms. The van der Waals surface area contributed by atoms with Crippen LogP contribution in [0.25, 0.3) is 0 Å². The highest BCUT2D eigenvalue weighted by atomic mass is 16.4. The second-order valence-corrected chi connectivity index (χ2v) is 4.80. The largest absolute Gasteiger partial charge is 0.478 e. The number of hydrogen-bond acceptors (Lipinski definition) is 4. The summed E-state index contributed by atoms with van der Waals surface area (Å²) in [5.74, 6) is 0.489. The molecule has 1 aliphatic rings. The molecule has 0 saturated carbocycles. The Morgan fingerprint density at radius 3 is 2.50 bits per heavy atom. The number of hydrogen-bond donors (Lipinski definition) is 1. The fraction of sp³-hybridized carbons (Fsp3) is 0.615. The van der Waals surface area contributed by atoms with Crippen molar-refractivity contribution in [3.8, 4) is 0 Å². The number of carboxylic acid groups (broad SMARTS) is 1. The number of carbonyl (C=O) groups is 1. The summed E-state index contributed by atoms with van der Waals surface area (Å²) in [6.45, 7) is 4.16. The van der Waals surface area contributed by atoms with Crippen LogP contribution in [0.3, 0.4) is 0 Å². The van der Waals surface area contributed by atoms with Crippen molar-refractivity contribution >= 4 is 11.9 Å². The van der Waals surface area contributed by atoms with Gasteiger partial charge < -0.3 is 10.0 Å². The molecule has 1 saturated heterocycles. The highest BCUT2D eigenvalue weighted by Gasteiger charge is 2.20. The predicted octanol–water partition coefficient (Wildman–Crippen LogP) is 2.19. The molecule has 0 unspecified atom stereocenters. The molecule has 1 fully saturated rings. The summed E-state index contributed by atoms with van der Waals surface area (Å²) in [6, 6.07) is 0. The van der Waals surface area contributed by atoms with Crippen molar-refractivity contribution in [2.45, 2.75) is 32.6 Å². The second-order valence-electron chi connectivity index (χ2n) is 4.80. The maximum atomic E-state index is 10.7. The van der Waals surface area contributed by atoms with E-state index in [1.54, 1.807) is 0 Å². The van der Waals surface area contributed by atoms with E-state index in [0.29, 0.717) is 5.95 Å². The van der Waals surface area contributed by atoms with Gasteiger partial charge in [-0.25, -0.2) is 14.8 Å². The Hall–Kier alpha value is -1.65. The maximum absolute atomic E-state index is 10.7. The molecule has 2 heterocycles. The lowest BCUT2D eigenvalue weighted by Gasteiger charge is -2.31. The van der Waals surface area contributed by atoms with Gasteiger partial charge in [-0.2, -0.15) is 0 Å². The summed E-state index contributed by atoms with van der Waals surface area (Å²) < 4.78 is 0. The van der Waals surface area contributed by atoms with Gasteiger partial charge >= 0.3 is 5.97 Å². The minimum absolute atomic E-state index is 0.139. The summed E-state index contributed by atoms with van der Waals surface area (Å²) in [6.07, 6.45) is 7.66. The minimum atomic E-state index is -0.983. The van der Waals surface area contributed by atoms with Gasteiger partial charge in [0.2, 0.25) is 5.95 Å². The lowest BCUT2D eigenvalue weighted by atomic mass is 9.93. The zero-order chi connectivity index (χ0) is 13.0. The first-order valence-electron chi connectivity index (χ1n) is 6.51. The Bertz CT molecular complexity index is 397. The molecule has 18 heavy (non-hydrogen) atoms. The molecule has 2 rings (SSSR count). The number of anilines is 1. The topological polar surface area (TPSA) is 66.3 Å². The van der Waals surface area contributed by atoms with Crippen LogP contribution in [0.5, 0.6) is 0 Å². The molecule has 1 aromatic rings. The second kappa shape index (κ2) is 5.80. The fourth-order valence-electron chi connectivity index (χ4n) is 2.42. The van der Waals surface area contributed by atoms with Crippen LogP contribution in [0.4, 0.5) is 5.95 Å². The van der Waals surface area contributed by atoms with Crippen molar-refractivity contribution in [1.29, 1.82) is 0 Å². The molecule has 0 aliphatic carbocycles. The Kier molecular flexibility index (Phi) is 4.12. The number of aromatic nitrogens is 2. The Labute approximate surface area is 107 Å². The molecular formula is C13H19N3O2. The predicted molar refractivity (Wildman–Crippen MR) is 68.8 cm³/mol. The van der Waals surface area contributed by atoms with Crippen LogP contribution < -0.4 is 4.90 Å². The Balaban J connectivity index is 1.95. The first-order chi connectivity index (χ1) is 8.70. The van der Waals surface area contributed by atoms with Gasteiger partial charge in [0.25, 0.3) is 0 Å². The number of nitrogens with zero attached hydrogens (tertiary/aromatic N) is 3. The van der Waals surface area contributed by atoms with E-state index in [4.69, 9.17) is 5.11 Å². The van der Waals surface area contributed by atoms with Crippen molar-refractivity contribution < 1.29 is 9.90 Å². The van der Waals surface area contributed by atoms with Crippen molar-refractivity contribution in [3.63, 3.8) is 0 Å². The van der Waals surface area contributed by atoms with Gasteiger partial charge in [0.15, 0.2) is 0 Å². The quantitative estimate of drug-likeness (QED) is 0.886. The van der Waals surface area contributed by atoms with Crippen LogP contribution in [0, 0.1) is 5.92 Å². The molecule has 1 N–H and O–H groups in total. The highest BCUT2D eigenvalue weighted by Crippen LogP contribution is 2.23. The van der Waals surface area contributed by atoms with Gasteiger partial charge in [-0.15, -0.1) is 0 Å². The zero-order valence-corrected chi connectivity index (χ0v) is 10.7. The third kappa shape index (κ3) is 2.97. The lowest BCUT2D eigenvalue weighted by molar-refractivity contribution is 0.0696. The van der Waals surface area contributed by atoms with Crippen molar-refractivity contribution in [2.24, 2.45) is 5.92 Å². The van der Waals surface area contributed by atoms with E-state index in [2.05, 4.69) is 21.8 Å². The van der Waals surface area contributed by atoms with Gasteiger partial charge in [0.1, 0.15) is 0 Å². The van der Waals surface area contributed by atoms with E-state index in [9.17, 15) is 4.79 Å². The standard InChI is InChI=1S/C13H19N3O2/c1-2-3-10-4-6-16(7-5-10)13-14-8-11(9-15-13)12(17)18/h8-10H,2-7H2,1H3,(H,17,18). The molecule has 98 valence electrons. The SMILES string of the molecule is CCCC1CCN(c2ncc(C(=O)O)cn2)CC1. The van der Waals surface area contributed by atoms with Crippen LogP contribution in [-0.4, -0.2) is 34.1 Å². The van der Waals surface area contributed by atoms with E-state index in [1.807, 2.05) is 0 Å². The minimum Gasteiger partial charge on any atom is -0.478 e. The molecule has 5 nitrogen and oxygen atoms in total. The summed E-state index contributed by atoms with van der Waals surface area (Å²) in [4.78, 5) is 21.1. The fourth-order valence-corrected chi connectivity index (χ4v) is 2.42. The third-order valence-corrected chi connectivity index (χ3v) is 3.48. The molecule has 0 spiro atoms. The van der Waals surface area contributed by atoms with Crippen molar-refractivity contribution in [1.82, 2.24) is 9.97 Å². The van der Waals surface area contributed by atoms with Gasteiger partial charge in [-0.3, -0.25) is 0 Å². The van der Waals surface area contributed by atoms with Gasteiger partial charge in [0.05, 0.1) is 5.56 Å². The normalized spacial score (nSPS) is 16.8. The van der Waals surface area contributed by atoms with Gasteiger partial charge in [-0.05, 0) is 18.8 Å². The van der Waals surface area contributed by atoms with Crippen LogP contribution in [-0.2, 0) is 0 Å². The average molecular weight is 249 g/mol. The average Bonchev–Trinajstić information content (AvgIpc) is 2.40. The smallest absolute Gasteiger partial charge is 0.338 e. The van der Waals surface area contributed by atoms with E-state index in [0.717, 1.165) is 19.0 Å². The lowest BCUT2D eigenvalue weighted by Crippen LogP contribution is -2.34. The summed E-state index contributed by atoms with van der Waals surface area (Å²) in [5.41, 5.74) is 0.139. The summed E-state index contributed by atoms with van der Waals surface area (Å²) in [7, 11) is 0. The maximum Gasteiger partial charge on any atom is 0.338 e. The number of carboxylic acids is 1. The van der Waals surface area contributed by atoms with Crippen LogP contribution >= 0.6 is 0 Å². The molecule has 0 aromatic carbocycles. The van der Waals surface area contributed by atoms with E-state index in [-0.39, 0.29) is 5.56 Å². The Morgan fingerprint density at radius 2 is 2.00 bits per heavy atom. The van der Waals surface area contributed by atoms with E-state index < -0.39 is 5.97 Å². The molecule has 1 aromatic heterocycles. The number of rotatable bonds is 4. The van der Waals surface area contributed by atoms with Gasteiger partial charge in [-0.1, -0.05) is 19.8 Å². The van der Waals surface area contributed by atoms with E-state index >= 15 is 0 Å². The summed E-state index contributed by atoms with van der Waals surface area (Å²) >= 11 is 0.